The Balaban J connectivity index is 2.23. The molecule has 0 unspecified atom stereocenters. The van der Waals surface area contributed by atoms with Gasteiger partial charge in [-0.05, 0) is 13.0 Å². The van der Waals surface area contributed by atoms with Crippen LogP contribution in [0.5, 0.6) is 0 Å². The fourth-order valence-corrected chi connectivity index (χ4v) is 2.15. The van der Waals surface area contributed by atoms with Gasteiger partial charge in [0.05, 0.1) is 11.8 Å². The Hall–Kier alpha value is -1.83. The van der Waals surface area contributed by atoms with Crippen LogP contribution in [-0.2, 0) is 4.74 Å². The molecule has 2 aromatic heterocycles. The largest absolute Gasteiger partial charge is 0.472 e. The summed E-state index contributed by atoms with van der Waals surface area (Å²) in [7, 11) is 0. The van der Waals surface area contributed by atoms with Crippen molar-refractivity contribution in [1.82, 2.24) is 4.98 Å². The molecule has 0 saturated heterocycles. The summed E-state index contributed by atoms with van der Waals surface area (Å²) in [6, 6.07) is 1.23. The number of hydrogen-bond donors (Lipinski definition) is 0. The van der Waals surface area contributed by atoms with Crippen LogP contribution in [-0.4, -0.2) is 17.1 Å². The first-order valence-corrected chi connectivity index (χ1v) is 5.98. The monoisotopic (exact) mass is 291 g/mol. The first-order chi connectivity index (χ1) is 8.88. The lowest BCUT2D eigenvalue weighted by Crippen LogP contribution is -2.26. The molecule has 0 aliphatic carbocycles. The van der Waals surface area contributed by atoms with Crippen LogP contribution in [0.25, 0.3) is 0 Å². The van der Waals surface area contributed by atoms with E-state index >= 15 is 0 Å². The van der Waals surface area contributed by atoms with Crippen LogP contribution < -0.4 is 0 Å². The average molecular weight is 291 g/mol. The molecule has 0 spiro atoms. The maximum atomic E-state index is 12.9. The van der Waals surface area contributed by atoms with Gasteiger partial charge in [0.2, 0.25) is 6.10 Å². The molecule has 0 aliphatic rings. The molecule has 2 heterocycles. The minimum absolute atomic E-state index is 0.0810. The molecular weight excluding hydrogens is 283 g/mol. The topological polar surface area (TPSA) is 52.3 Å². The van der Waals surface area contributed by atoms with Gasteiger partial charge in [-0.1, -0.05) is 0 Å². The predicted molar refractivity (Wildman–Crippen MR) is 59.8 cm³/mol. The number of carbonyl (C=O) groups excluding carboxylic acids is 1. The number of ether oxygens (including phenoxy) is 1. The summed E-state index contributed by atoms with van der Waals surface area (Å²) in [5, 5.41) is 1.15. The fraction of sp³-hybridized carbons (Fsp3) is 0.273. The van der Waals surface area contributed by atoms with Gasteiger partial charge in [-0.2, -0.15) is 13.2 Å². The van der Waals surface area contributed by atoms with Crippen molar-refractivity contribution >= 4 is 17.3 Å². The Morgan fingerprint density at radius 2 is 2.26 bits per heavy atom. The molecule has 0 aliphatic heterocycles. The van der Waals surface area contributed by atoms with Gasteiger partial charge in [-0.25, -0.2) is 9.78 Å². The van der Waals surface area contributed by atoms with E-state index < -0.39 is 18.2 Å². The summed E-state index contributed by atoms with van der Waals surface area (Å²) in [5.41, 5.74) is 0.358. The van der Waals surface area contributed by atoms with Gasteiger partial charge in [0.25, 0.3) is 0 Å². The highest BCUT2D eigenvalue weighted by atomic mass is 32.1. The Morgan fingerprint density at radius 1 is 1.53 bits per heavy atom. The molecule has 0 saturated carbocycles. The molecule has 0 N–H and O–H groups in total. The summed E-state index contributed by atoms with van der Waals surface area (Å²) in [6.07, 6.45) is -4.90. The lowest BCUT2D eigenvalue weighted by atomic mass is 10.3. The van der Waals surface area contributed by atoms with Crippen molar-refractivity contribution in [3.63, 3.8) is 0 Å². The van der Waals surface area contributed by atoms with Crippen LogP contribution in [0.2, 0.25) is 0 Å². The summed E-state index contributed by atoms with van der Waals surface area (Å²) in [5.74, 6) is -1.11. The fourth-order valence-electron chi connectivity index (χ4n) is 1.31. The van der Waals surface area contributed by atoms with Crippen molar-refractivity contribution in [2.45, 2.75) is 19.2 Å². The van der Waals surface area contributed by atoms with Crippen molar-refractivity contribution in [2.24, 2.45) is 0 Å². The van der Waals surface area contributed by atoms with Gasteiger partial charge < -0.3 is 9.15 Å². The van der Waals surface area contributed by atoms with E-state index in [0.717, 1.165) is 17.6 Å². The molecule has 0 amide bonds. The second kappa shape index (κ2) is 5.04. The first-order valence-electron chi connectivity index (χ1n) is 5.10. The molecule has 2 rings (SSSR count). The minimum atomic E-state index is -4.72. The number of aryl methyl sites for hydroxylation is 1. The number of alkyl halides is 3. The molecule has 19 heavy (non-hydrogen) atoms. The first kappa shape index (κ1) is 13.6. The predicted octanol–water partition coefficient (Wildman–Crippen LogP) is 3.50. The van der Waals surface area contributed by atoms with E-state index in [4.69, 9.17) is 0 Å². The van der Waals surface area contributed by atoms with E-state index in [2.05, 4.69) is 14.1 Å². The van der Waals surface area contributed by atoms with E-state index in [-0.39, 0.29) is 10.6 Å². The number of hydrogen-bond acceptors (Lipinski definition) is 5. The number of carbonyl (C=O) groups is 1. The van der Waals surface area contributed by atoms with Gasteiger partial charge in [0, 0.05) is 11.1 Å². The molecule has 0 fully saturated rings. The minimum Gasteiger partial charge on any atom is -0.472 e. The molecule has 8 heteroatoms. The van der Waals surface area contributed by atoms with Gasteiger partial charge in [0.1, 0.15) is 11.3 Å². The number of halogens is 3. The Morgan fingerprint density at radius 3 is 2.74 bits per heavy atom. The third-order valence-electron chi connectivity index (χ3n) is 2.14. The quantitative estimate of drug-likeness (QED) is 0.812. The molecule has 0 bridgehead atoms. The Bertz CT molecular complexity index is 562. The average Bonchev–Trinajstić information content (AvgIpc) is 2.94. The Labute approximate surface area is 109 Å². The van der Waals surface area contributed by atoms with E-state index in [1.807, 2.05) is 0 Å². The summed E-state index contributed by atoms with van der Waals surface area (Å²) < 4.78 is 47.7. The molecule has 2 aromatic rings. The number of esters is 1. The van der Waals surface area contributed by atoms with Gasteiger partial charge >= 0.3 is 12.1 Å². The number of nitrogens with zero attached hydrogens (tertiary/aromatic N) is 1. The summed E-state index contributed by atoms with van der Waals surface area (Å²) in [4.78, 5) is 15.2. The van der Waals surface area contributed by atoms with E-state index in [1.54, 1.807) is 6.92 Å². The number of rotatable bonds is 3. The third kappa shape index (κ3) is 3.14. The van der Waals surface area contributed by atoms with Crippen LogP contribution in [0.15, 0.2) is 28.4 Å². The highest BCUT2D eigenvalue weighted by molar-refractivity contribution is 7.09. The normalized spacial score (nSPS) is 13.3. The van der Waals surface area contributed by atoms with Gasteiger partial charge in [-0.15, -0.1) is 11.3 Å². The standard InChI is InChI=1S/C11H8F3NO3S/c1-6-5-19-9(15-6)8(11(12,13)14)18-10(16)7-2-3-17-4-7/h2-5,8H,1H3/t8-/m1/s1. The zero-order chi connectivity index (χ0) is 14.0. The zero-order valence-corrected chi connectivity index (χ0v) is 10.4. The van der Waals surface area contributed by atoms with E-state index in [9.17, 15) is 18.0 Å². The number of furan rings is 1. The third-order valence-corrected chi connectivity index (χ3v) is 3.15. The van der Waals surface area contributed by atoms with Crippen LogP contribution in [0, 0.1) is 6.92 Å². The van der Waals surface area contributed by atoms with E-state index in [1.165, 1.54) is 17.7 Å². The highest BCUT2D eigenvalue weighted by Crippen LogP contribution is 2.37. The zero-order valence-electron chi connectivity index (χ0n) is 9.60. The van der Waals surface area contributed by atoms with Crippen LogP contribution >= 0.6 is 11.3 Å². The lowest BCUT2D eigenvalue weighted by molar-refractivity contribution is -0.207. The Kier molecular flexibility index (Phi) is 3.61. The molecular formula is C11H8F3NO3S. The van der Waals surface area contributed by atoms with Gasteiger partial charge in [-0.3, -0.25) is 0 Å². The second-order valence-corrected chi connectivity index (χ2v) is 4.56. The van der Waals surface area contributed by atoms with Crippen molar-refractivity contribution in [2.75, 3.05) is 0 Å². The van der Waals surface area contributed by atoms with Crippen LogP contribution in [0.3, 0.4) is 0 Å². The van der Waals surface area contributed by atoms with Crippen molar-refractivity contribution in [1.29, 1.82) is 0 Å². The molecule has 4 nitrogen and oxygen atoms in total. The SMILES string of the molecule is Cc1csc([C@@H](OC(=O)c2ccoc2)C(F)(F)F)n1. The maximum Gasteiger partial charge on any atom is 0.432 e. The highest BCUT2D eigenvalue weighted by Gasteiger charge is 2.46. The molecule has 102 valence electrons. The van der Waals surface area contributed by atoms with Crippen molar-refractivity contribution in [3.8, 4) is 0 Å². The summed E-state index contributed by atoms with van der Waals surface area (Å²) in [6.45, 7) is 1.56. The summed E-state index contributed by atoms with van der Waals surface area (Å²) >= 11 is 0.792. The smallest absolute Gasteiger partial charge is 0.432 e. The van der Waals surface area contributed by atoms with Crippen molar-refractivity contribution in [3.05, 3.63) is 40.2 Å². The van der Waals surface area contributed by atoms with E-state index in [0.29, 0.717) is 5.69 Å². The van der Waals surface area contributed by atoms with Gasteiger partial charge in [0.15, 0.2) is 0 Å². The maximum absolute atomic E-state index is 12.9. The van der Waals surface area contributed by atoms with Crippen molar-refractivity contribution < 1.29 is 27.1 Å². The van der Waals surface area contributed by atoms with Crippen LogP contribution in [0.4, 0.5) is 13.2 Å². The molecule has 1 atom stereocenters. The number of thiazole rings is 1. The molecule has 0 aromatic carbocycles. The number of aromatic nitrogens is 1. The second-order valence-electron chi connectivity index (χ2n) is 3.67. The van der Waals surface area contributed by atoms with Crippen LogP contribution in [0.1, 0.15) is 27.2 Å². The molecule has 0 radical (unpaired) electrons. The lowest BCUT2D eigenvalue weighted by Gasteiger charge is -2.18.